The minimum Gasteiger partial charge on any atom is -0.490 e. The topological polar surface area (TPSA) is 69.2 Å². The average molecular weight is 431 g/mol. The molecule has 6 nitrogen and oxygen atoms in total. The lowest BCUT2D eigenvalue weighted by atomic mass is 9.72. The number of amides is 1. The number of benzene rings is 1. The second-order valence-electron chi connectivity index (χ2n) is 8.40. The van der Waals surface area contributed by atoms with Crippen LogP contribution in [-0.4, -0.2) is 31.4 Å². The molecular formula is C25H38N2O4. The first kappa shape index (κ1) is 23.4. The van der Waals surface area contributed by atoms with Gasteiger partial charge in [-0.05, 0) is 70.9 Å². The van der Waals surface area contributed by atoms with Crippen molar-refractivity contribution in [1.82, 2.24) is 5.43 Å². The number of hydrazone groups is 1. The van der Waals surface area contributed by atoms with Crippen molar-refractivity contribution in [2.45, 2.75) is 78.6 Å². The van der Waals surface area contributed by atoms with Crippen molar-refractivity contribution >= 4 is 11.6 Å². The number of carbonyl (C=O) groups is 1. The molecule has 0 radical (unpaired) electrons. The molecule has 1 aromatic carbocycles. The zero-order valence-electron chi connectivity index (χ0n) is 19.4. The van der Waals surface area contributed by atoms with E-state index in [0.29, 0.717) is 48.6 Å². The average Bonchev–Trinajstić information content (AvgIpc) is 2.80. The molecule has 0 saturated heterocycles. The summed E-state index contributed by atoms with van der Waals surface area (Å²) in [7, 11) is 0. The summed E-state index contributed by atoms with van der Waals surface area (Å²) in [5.74, 6) is 2.58. The van der Waals surface area contributed by atoms with Crippen LogP contribution < -0.4 is 19.6 Å². The number of hydrogen-bond donors (Lipinski definition) is 1. The molecule has 0 heterocycles. The van der Waals surface area contributed by atoms with Gasteiger partial charge in [-0.2, -0.15) is 5.10 Å². The van der Waals surface area contributed by atoms with Gasteiger partial charge >= 0.3 is 0 Å². The van der Waals surface area contributed by atoms with Crippen LogP contribution in [0.4, 0.5) is 0 Å². The maximum Gasteiger partial charge on any atom is 0.271 e. The van der Waals surface area contributed by atoms with Crippen LogP contribution in [0.15, 0.2) is 17.2 Å². The molecular weight excluding hydrogens is 392 g/mol. The van der Waals surface area contributed by atoms with Crippen molar-refractivity contribution in [2.75, 3.05) is 19.8 Å². The number of rotatable bonds is 9. The van der Waals surface area contributed by atoms with Crippen LogP contribution in [0.3, 0.4) is 0 Å². The first-order valence-electron chi connectivity index (χ1n) is 12.1. The molecule has 2 saturated carbocycles. The molecule has 172 valence electrons. The largest absolute Gasteiger partial charge is 0.490 e. The van der Waals surface area contributed by atoms with Gasteiger partial charge in [-0.1, -0.05) is 25.7 Å². The number of carbonyl (C=O) groups excluding carboxylic acids is 1. The van der Waals surface area contributed by atoms with E-state index in [1.807, 2.05) is 20.8 Å². The smallest absolute Gasteiger partial charge is 0.271 e. The van der Waals surface area contributed by atoms with Crippen LogP contribution in [0.5, 0.6) is 17.2 Å². The Morgan fingerprint density at radius 1 is 0.903 bits per heavy atom. The van der Waals surface area contributed by atoms with Crippen LogP contribution >= 0.6 is 0 Å². The van der Waals surface area contributed by atoms with Gasteiger partial charge in [0.2, 0.25) is 5.75 Å². The van der Waals surface area contributed by atoms with Crippen molar-refractivity contribution in [3.63, 3.8) is 0 Å². The molecule has 1 atom stereocenters. The third-order valence-corrected chi connectivity index (χ3v) is 6.32. The third-order valence-electron chi connectivity index (χ3n) is 6.32. The second-order valence-corrected chi connectivity index (χ2v) is 8.40. The van der Waals surface area contributed by atoms with Gasteiger partial charge in [-0.25, -0.2) is 5.43 Å². The van der Waals surface area contributed by atoms with E-state index in [1.165, 1.54) is 50.7 Å². The van der Waals surface area contributed by atoms with Crippen LogP contribution in [0.2, 0.25) is 0 Å². The van der Waals surface area contributed by atoms with Crippen molar-refractivity contribution in [3.8, 4) is 17.2 Å². The molecule has 6 heteroatoms. The molecule has 0 aliphatic heterocycles. The molecule has 31 heavy (non-hydrogen) atoms. The molecule has 0 spiro atoms. The first-order chi connectivity index (χ1) is 15.2. The summed E-state index contributed by atoms with van der Waals surface area (Å²) in [6.45, 7) is 7.16. The standard InChI is InChI=1S/C25H38N2O4/c1-4-29-22-16-19(17-23(30-5-2)24(22)31-6-3)25(28)27-26-21-15-11-10-14-20(21)18-12-8-7-9-13-18/h16-18,20H,4-15H2,1-3H3,(H,27,28)/b26-21-/t20-/m1/s1. The van der Waals surface area contributed by atoms with E-state index in [4.69, 9.17) is 14.2 Å². The summed E-state index contributed by atoms with van der Waals surface area (Å²) >= 11 is 0. The summed E-state index contributed by atoms with van der Waals surface area (Å²) in [5, 5.41) is 4.63. The Kier molecular flexibility index (Phi) is 9.04. The molecule has 1 amide bonds. The highest BCUT2D eigenvalue weighted by molar-refractivity contribution is 5.97. The quantitative estimate of drug-likeness (QED) is 0.507. The highest BCUT2D eigenvalue weighted by Crippen LogP contribution is 2.39. The summed E-state index contributed by atoms with van der Waals surface area (Å²) < 4.78 is 17.2. The Bertz CT molecular complexity index is 729. The molecule has 0 aromatic heterocycles. The fraction of sp³-hybridized carbons (Fsp3) is 0.680. The summed E-state index contributed by atoms with van der Waals surface area (Å²) in [5.41, 5.74) is 4.46. The van der Waals surface area contributed by atoms with Gasteiger partial charge in [0.05, 0.1) is 19.8 Å². The molecule has 0 bridgehead atoms. The van der Waals surface area contributed by atoms with Crippen molar-refractivity contribution < 1.29 is 19.0 Å². The number of nitrogens with one attached hydrogen (secondary N) is 1. The minimum atomic E-state index is -0.245. The highest BCUT2D eigenvalue weighted by atomic mass is 16.5. The number of ether oxygens (including phenoxy) is 3. The van der Waals surface area contributed by atoms with Gasteiger partial charge in [0, 0.05) is 17.2 Å². The van der Waals surface area contributed by atoms with E-state index in [9.17, 15) is 4.79 Å². The maximum absolute atomic E-state index is 13.0. The zero-order chi connectivity index (χ0) is 22.1. The predicted molar refractivity (Wildman–Crippen MR) is 123 cm³/mol. The Morgan fingerprint density at radius 2 is 1.52 bits per heavy atom. The van der Waals surface area contributed by atoms with Gasteiger partial charge in [0.1, 0.15) is 0 Å². The molecule has 2 aliphatic rings. The van der Waals surface area contributed by atoms with Crippen LogP contribution in [0.1, 0.15) is 88.9 Å². The van der Waals surface area contributed by atoms with E-state index in [-0.39, 0.29) is 5.91 Å². The van der Waals surface area contributed by atoms with E-state index < -0.39 is 0 Å². The normalized spacial score (nSPS) is 21.0. The highest BCUT2D eigenvalue weighted by Gasteiger charge is 2.30. The Morgan fingerprint density at radius 3 is 2.13 bits per heavy atom. The summed E-state index contributed by atoms with van der Waals surface area (Å²) in [6.07, 6.45) is 11.2. The van der Waals surface area contributed by atoms with Crippen LogP contribution in [0.25, 0.3) is 0 Å². The minimum absolute atomic E-state index is 0.245. The van der Waals surface area contributed by atoms with Gasteiger partial charge in [-0.3, -0.25) is 4.79 Å². The number of nitrogens with zero attached hydrogens (tertiary/aromatic N) is 1. The maximum atomic E-state index is 13.0. The lowest BCUT2D eigenvalue weighted by Crippen LogP contribution is -2.31. The molecule has 1 N–H and O–H groups in total. The van der Waals surface area contributed by atoms with E-state index in [1.54, 1.807) is 12.1 Å². The van der Waals surface area contributed by atoms with Gasteiger partial charge in [0.15, 0.2) is 11.5 Å². The Hall–Kier alpha value is -2.24. The SMILES string of the molecule is CCOc1cc(C(=O)N/N=C2/CCCC[C@@H]2C2CCCCC2)cc(OCC)c1OCC. The summed E-state index contributed by atoms with van der Waals surface area (Å²) in [4.78, 5) is 13.0. The van der Waals surface area contributed by atoms with E-state index >= 15 is 0 Å². The van der Waals surface area contributed by atoms with Gasteiger partial charge in [-0.15, -0.1) is 0 Å². The lowest BCUT2D eigenvalue weighted by Gasteiger charge is -2.33. The van der Waals surface area contributed by atoms with Crippen molar-refractivity contribution in [1.29, 1.82) is 0 Å². The Labute approximate surface area is 186 Å². The van der Waals surface area contributed by atoms with Crippen molar-refractivity contribution in [3.05, 3.63) is 17.7 Å². The summed E-state index contributed by atoms with van der Waals surface area (Å²) in [6, 6.07) is 3.43. The molecule has 3 rings (SSSR count). The van der Waals surface area contributed by atoms with Gasteiger partial charge in [0.25, 0.3) is 5.91 Å². The predicted octanol–water partition coefficient (Wildman–Crippen LogP) is 5.74. The molecule has 2 aliphatic carbocycles. The fourth-order valence-electron chi connectivity index (χ4n) is 4.91. The molecule has 2 fully saturated rings. The molecule has 1 aromatic rings. The van der Waals surface area contributed by atoms with Crippen LogP contribution in [-0.2, 0) is 0 Å². The second kappa shape index (κ2) is 12.0. The number of hydrogen-bond acceptors (Lipinski definition) is 5. The monoisotopic (exact) mass is 430 g/mol. The van der Waals surface area contributed by atoms with Gasteiger partial charge < -0.3 is 14.2 Å². The van der Waals surface area contributed by atoms with Crippen LogP contribution in [0, 0.1) is 11.8 Å². The third kappa shape index (κ3) is 6.14. The Balaban J connectivity index is 1.79. The van der Waals surface area contributed by atoms with E-state index in [0.717, 1.165) is 18.8 Å². The molecule has 0 unspecified atom stereocenters. The first-order valence-corrected chi connectivity index (χ1v) is 12.1. The lowest BCUT2D eigenvalue weighted by molar-refractivity contribution is 0.0953. The fourth-order valence-corrected chi connectivity index (χ4v) is 4.91. The zero-order valence-corrected chi connectivity index (χ0v) is 19.4. The van der Waals surface area contributed by atoms with E-state index in [2.05, 4.69) is 10.5 Å². The van der Waals surface area contributed by atoms with Crippen molar-refractivity contribution in [2.24, 2.45) is 16.9 Å².